The summed E-state index contributed by atoms with van der Waals surface area (Å²) < 4.78 is 4.87. The van der Waals surface area contributed by atoms with E-state index in [1.807, 2.05) is 19.0 Å². The molecule has 0 N–H and O–H groups in total. The summed E-state index contributed by atoms with van der Waals surface area (Å²) in [5.74, 6) is -0.284. The van der Waals surface area contributed by atoms with Crippen LogP contribution in [0.3, 0.4) is 0 Å². The summed E-state index contributed by atoms with van der Waals surface area (Å²) in [6.45, 7) is 4.76. The molecule has 1 aromatic rings. The minimum atomic E-state index is -0.440. The summed E-state index contributed by atoms with van der Waals surface area (Å²) in [5.41, 5.74) is 2.52. The Hall–Kier alpha value is -1.28. The van der Waals surface area contributed by atoms with Gasteiger partial charge in [0.15, 0.2) is 6.04 Å². The predicted octanol–water partition coefficient (Wildman–Crippen LogP) is 1.39. The van der Waals surface area contributed by atoms with E-state index < -0.39 is 6.04 Å². The molecule has 0 aromatic carbocycles. The number of carbonyl (C=O) groups is 1. The fourth-order valence-corrected chi connectivity index (χ4v) is 3.28. The van der Waals surface area contributed by atoms with Crippen LogP contribution in [0.25, 0.3) is 0 Å². The molecule has 0 bridgehead atoms. The van der Waals surface area contributed by atoms with Crippen molar-refractivity contribution in [2.24, 2.45) is 0 Å². The second-order valence-corrected chi connectivity index (χ2v) is 5.50. The Kier molecular flexibility index (Phi) is 4.87. The molecule has 0 fully saturated rings. The van der Waals surface area contributed by atoms with Crippen LogP contribution in [0.4, 0.5) is 0 Å². The minimum absolute atomic E-state index is 0.0448. The number of aromatic nitrogens is 1. The van der Waals surface area contributed by atoms with E-state index in [4.69, 9.17) is 9.57 Å². The van der Waals surface area contributed by atoms with Gasteiger partial charge in [-0.15, -0.1) is 17.9 Å². The lowest BCUT2D eigenvalue weighted by Gasteiger charge is -2.37. The molecule has 0 spiro atoms. The zero-order valence-corrected chi connectivity index (χ0v) is 12.7. The second kappa shape index (κ2) is 6.45. The third kappa shape index (κ3) is 2.76. The fourth-order valence-electron chi connectivity index (χ4n) is 2.33. The molecule has 20 heavy (non-hydrogen) atoms. The van der Waals surface area contributed by atoms with Crippen molar-refractivity contribution in [1.82, 2.24) is 14.9 Å². The molecule has 1 aliphatic heterocycles. The van der Waals surface area contributed by atoms with Crippen LogP contribution in [0.1, 0.15) is 22.7 Å². The average molecular weight is 297 g/mol. The number of ether oxygens (including phenoxy) is 1. The Morgan fingerprint density at radius 1 is 1.75 bits per heavy atom. The largest absolute Gasteiger partial charge is 0.468 e. The van der Waals surface area contributed by atoms with Crippen LogP contribution in [0, 0.1) is 0 Å². The zero-order chi connectivity index (χ0) is 14.7. The number of hydroxylamine groups is 2. The quantitative estimate of drug-likeness (QED) is 0.465. The maximum absolute atomic E-state index is 11.9. The van der Waals surface area contributed by atoms with Crippen LogP contribution >= 0.6 is 11.3 Å². The molecule has 0 aliphatic carbocycles. The van der Waals surface area contributed by atoms with Crippen LogP contribution in [-0.4, -0.2) is 55.3 Å². The average Bonchev–Trinajstić information content (AvgIpc) is 2.92. The monoisotopic (exact) mass is 297 g/mol. The van der Waals surface area contributed by atoms with Crippen LogP contribution < -0.4 is 0 Å². The van der Waals surface area contributed by atoms with Gasteiger partial charge >= 0.3 is 5.97 Å². The van der Waals surface area contributed by atoms with E-state index in [0.717, 1.165) is 10.6 Å². The number of likely N-dealkylation sites (N-methyl/N-ethyl adjacent to an activating group) is 2. The summed E-state index contributed by atoms with van der Waals surface area (Å²) in [7, 11) is 5.16. The summed E-state index contributed by atoms with van der Waals surface area (Å²) in [6, 6.07) is -0.395. The van der Waals surface area contributed by atoms with Crippen molar-refractivity contribution in [2.45, 2.75) is 12.1 Å². The summed E-state index contributed by atoms with van der Waals surface area (Å²) in [4.78, 5) is 24.8. The first-order chi connectivity index (χ1) is 9.60. The van der Waals surface area contributed by atoms with Gasteiger partial charge in [-0.3, -0.25) is 9.74 Å². The number of hydrogen-bond donors (Lipinski definition) is 0. The lowest BCUT2D eigenvalue weighted by molar-refractivity contribution is -0.170. The smallest absolute Gasteiger partial charge is 0.329 e. The molecule has 0 radical (unpaired) electrons. The molecule has 7 heteroatoms. The number of thiazole rings is 1. The van der Waals surface area contributed by atoms with E-state index in [1.54, 1.807) is 16.6 Å². The van der Waals surface area contributed by atoms with Gasteiger partial charge in [-0.1, -0.05) is 6.08 Å². The first-order valence-electron chi connectivity index (χ1n) is 6.28. The Morgan fingerprint density at radius 3 is 3.15 bits per heavy atom. The van der Waals surface area contributed by atoms with Crippen molar-refractivity contribution in [1.29, 1.82) is 0 Å². The number of nitrogens with zero attached hydrogens (tertiary/aromatic N) is 3. The molecular weight excluding hydrogens is 278 g/mol. The molecule has 1 aromatic heterocycles. The standard InChI is InChI=1S/C13H19N3O3S/c1-5-6-19-16(3)9-7-15(2)11(13(17)18-4)10-12(9)20-8-14-10/h5,8-9,11H,1,6-7H2,2-4H3. The lowest BCUT2D eigenvalue weighted by atomic mass is 10.0. The molecule has 6 nitrogen and oxygen atoms in total. The second-order valence-electron chi connectivity index (χ2n) is 4.61. The summed E-state index contributed by atoms with van der Waals surface area (Å²) >= 11 is 1.54. The normalized spacial score (nSPS) is 22.6. The molecular formula is C13H19N3O3S. The topological polar surface area (TPSA) is 54.9 Å². The predicted molar refractivity (Wildman–Crippen MR) is 76.2 cm³/mol. The molecule has 2 unspecified atom stereocenters. The highest BCUT2D eigenvalue weighted by atomic mass is 32.1. The van der Waals surface area contributed by atoms with Gasteiger partial charge in [0.2, 0.25) is 0 Å². The van der Waals surface area contributed by atoms with Crippen LogP contribution in [-0.2, 0) is 14.4 Å². The summed E-state index contributed by atoms with van der Waals surface area (Å²) in [5, 5.41) is 1.79. The van der Waals surface area contributed by atoms with Gasteiger partial charge in [0.25, 0.3) is 0 Å². The van der Waals surface area contributed by atoms with Gasteiger partial charge in [-0.05, 0) is 7.05 Å². The van der Waals surface area contributed by atoms with Gasteiger partial charge < -0.3 is 4.74 Å². The van der Waals surface area contributed by atoms with Crippen LogP contribution in [0.5, 0.6) is 0 Å². The van der Waals surface area contributed by atoms with Gasteiger partial charge in [-0.2, -0.15) is 5.06 Å². The van der Waals surface area contributed by atoms with E-state index >= 15 is 0 Å². The molecule has 0 amide bonds. The molecule has 2 atom stereocenters. The first kappa shape index (κ1) is 15.1. The van der Waals surface area contributed by atoms with Gasteiger partial charge in [-0.25, -0.2) is 9.78 Å². The number of carbonyl (C=O) groups excluding carboxylic acids is 1. The van der Waals surface area contributed by atoms with E-state index in [9.17, 15) is 4.79 Å². The van der Waals surface area contributed by atoms with E-state index in [-0.39, 0.29) is 12.0 Å². The highest BCUT2D eigenvalue weighted by molar-refractivity contribution is 7.09. The Balaban J connectivity index is 2.27. The Morgan fingerprint density at radius 2 is 2.50 bits per heavy atom. The third-order valence-electron chi connectivity index (χ3n) is 3.35. The van der Waals surface area contributed by atoms with Crippen molar-refractivity contribution < 1.29 is 14.4 Å². The van der Waals surface area contributed by atoms with Crippen molar-refractivity contribution in [2.75, 3.05) is 34.4 Å². The summed E-state index contributed by atoms with van der Waals surface area (Å²) in [6.07, 6.45) is 1.70. The van der Waals surface area contributed by atoms with Gasteiger partial charge in [0, 0.05) is 13.6 Å². The van der Waals surface area contributed by atoms with Gasteiger partial charge in [0.05, 0.1) is 35.8 Å². The highest BCUT2D eigenvalue weighted by Gasteiger charge is 2.40. The molecule has 0 saturated carbocycles. The van der Waals surface area contributed by atoms with E-state index in [0.29, 0.717) is 13.2 Å². The van der Waals surface area contributed by atoms with E-state index in [2.05, 4.69) is 11.6 Å². The Bertz CT molecular complexity index is 491. The molecule has 1 aliphatic rings. The van der Waals surface area contributed by atoms with Crippen molar-refractivity contribution >= 4 is 17.3 Å². The number of rotatable bonds is 5. The SMILES string of the molecule is C=CCON(C)C1CN(C)C(C(=O)OC)c2ncsc21. The molecule has 2 heterocycles. The third-order valence-corrected chi connectivity index (χ3v) is 4.29. The number of esters is 1. The maximum Gasteiger partial charge on any atom is 0.329 e. The fraction of sp³-hybridized carbons (Fsp3) is 0.538. The zero-order valence-electron chi connectivity index (χ0n) is 11.9. The Labute approximate surface area is 122 Å². The number of fused-ring (bicyclic) bond motifs is 1. The van der Waals surface area contributed by atoms with Crippen molar-refractivity contribution in [3.8, 4) is 0 Å². The molecule has 110 valence electrons. The van der Waals surface area contributed by atoms with Crippen molar-refractivity contribution in [3.63, 3.8) is 0 Å². The number of methoxy groups -OCH3 is 1. The van der Waals surface area contributed by atoms with Gasteiger partial charge in [0.1, 0.15) is 0 Å². The maximum atomic E-state index is 11.9. The first-order valence-corrected chi connectivity index (χ1v) is 7.16. The highest BCUT2D eigenvalue weighted by Crippen LogP contribution is 2.38. The van der Waals surface area contributed by atoms with Crippen LogP contribution in [0.15, 0.2) is 18.2 Å². The number of hydrogen-bond acceptors (Lipinski definition) is 7. The minimum Gasteiger partial charge on any atom is -0.468 e. The molecule has 2 rings (SSSR count). The van der Waals surface area contributed by atoms with Crippen LogP contribution in [0.2, 0.25) is 0 Å². The molecule has 0 saturated heterocycles. The lowest BCUT2D eigenvalue weighted by Crippen LogP contribution is -2.43. The van der Waals surface area contributed by atoms with Crippen molar-refractivity contribution in [3.05, 3.63) is 28.7 Å². The van der Waals surface area contributed by atoms with E-state index in [1.165, 1.54) is 18.4 Å².